The van der Waals surface area contributed by atoms with E-state index in [9.17, 15) is 4.79 Å². The van der Waals surface area contributed by atoms with E-state index in [0.29, 0.717) is 17.7 Å². The van der Waals surface area contributed by atoms with Crippen molar-refractivity contribution in [1.29, 1.82) is 0 Å². The van der Waals surface area contributed by atoms with Crippen LogP contribution < -0.4 is 10.6 Å². The van der Waals surface area contributed by atoms with Crippen LogP contribution in [0.15, 0.2) is 0 Å². The second-order valence-corrected chi connectivity index (χ2v) is 5.96. The first kappa shape index (κ1) is 17.9. The molecule has 0 saturated carbocycles. The molecule has 0 radical (unpaired) electrons. The molecule has 2 N–H and O–H groups in total. The van der Waals surface area contributed by atoms with Crippen LogP contribution in [-0.2, 0) is 0 Å². The lowest BCUT2D eigenvalue weighted by atomic mass is 10.1. The van der Waals surface area contributed by atoms with Crippen LogP contribution in [0.1, 0.15) is 55.8 Å². The van der Waals surface area contributed by atoms with Crippen molar-refractivity contribution in [3.63, 3.8) is 0 Å². The number of hydrogen-bond donors (Lipinski definition) is 2. The second kappa shape index (κ2) is 7.75. The number of piperidine rings is 1. The van der Waals surface area contributed by atoms with E-state index in [-0.39, 0.29) is 24.4 Å². The minimum Gasteiger partial charge on any atom is -0.348 e. The van der Waals surface area contributed by atoms with E-state index in [4.69, 9.17) is 0 Å². The van der Waals surface area contributed by atoms with Crippen molar-refractivity contribution in [3.05, 3.63) is 11.4 Å². The predicted molar refractivity (Wildman–Crippen MR) is 84.9 cm³/mol. The van der Waals surface area contributed by atoms with Gasteiger partial charge in [0.25, 0.3) is 5.91 Å². The Balaban J connectivity index is 0.00000220. The van der Waals surface area contributed by atoms with Gasteiger partial charge in [-0.1, -0.05) is 19.1 Å². The number of nitrogens with zero attached hydrogens (tertiary/aromatic N) is 3. The third-order valence-corrected chi connectivity index (χ3v) is 4.16. The quantitative estimate of drug-likeness (QED) is 0.887. The zero-order valence-corrected chi connectivity index (χ0v) is 14.0. The number of carbonyl (C=O) groups excluding carboxylic acids is 1. The summed E-state index contributed by atoms with van der Waals surface area (Å²) in [5.74, 6) is 0.280. The lowest BCUT2D eigenvalue weighted by Gasteiger charge is -2.23. The fourth-order valence-electron chi connectivity index (χ4n) is 2.39. The van der Waals surface area contributed by atoms with Crippen LogP contribution in [0.25, 0.3) is 0 Å². The molecule has 1 saturated heterocycles. The van der Waals surface area contributed by atoms with Gasteiger partial charge < -0.3 is 10.6 Å². The van der Waals surface area contributed by atoms with Crippen molar-refractivity contribution in [2.75, 3.05) is 13.1 Å². The first-order chi connectivity index (χ1) is 9.50. The third kappa shape index (κ3) is 4.17. The molecule has 2 rings (SSSR count). The molecule has 1 unspecified atom stereocenters. The Labute approximate surface area is 132 Å². The molecular formula is C14H26ClN5O. The smallest absolute Gasteiger partial charge is 0.273 e. The van der Waals surface area contributed by atoms with Gasteiger partial charge in [-0.25, -0.2) is 4.68 Å². The summed E-state index contributed by atoms with van der Waals surface area (Å²) in [6, 6.07) is 0.485. The zero-order valence-electron chi connectivity index (χ0n) is 13.2. The van der Waals surface area contributed by atoms with Gasteiger partial charge in [-0.3, -0.25) is 4.79 Å². The first-order valence-corrected chi connectivity index (χ1v) is 7.44. The third-order valence-electron chi connectivity index (χ3n) is 4.16. The van der Waals surface area contributed by atoms with Gasteiger partial charge in [0.2, 0.25) is 0 Å². The van der Waals surface area contributed by atoms with E-state index in [1.807, 2.05) is 18.5 Å². The van der Waals surface area contributed by atoms with Crippen molar-refractivity contribution in [1.82, 2.24) is 25.6 Å². The molecule has 1 amide bonds. The Bertz CT molecular complexity index is 468. The Morgan fingerprint density at radius 1 is 1.33 bits per heavy atom. The molecule has 120 valence electrons. The Morgan fingerprint density at radius 3 is 2.52 bits per heavy atom. The molecule has 0 bridgehead atoms. The molecule has 0 aliphatic carbocycles. The monoisotopic (exact) mass is 315 g/mol. The van der Waals surface area contributed by atoms with Crippen LogP contribution in [0.3, 0.4) is 0 Å². The average molecular weight is 316 g/mol. The summed E-state index contributed by atoms with van der Waals surface area (Å²) in [5, 5.41) is 14.6. The highest BCUT2D eigenvalue weighted by Gasteiger charge is 2.23. The number of hydrogen-bond acceptors (Lipinski definition) is 4. The Morgan fingerprint density at radius 2 is 1.95 bits per heavy atom. The van der Waals surface area contributed by atoms with E-state index in [1.54, 1.807) is 0 Å². The van der Waals surface area contributed by atoms with Gasteiger partial charge in [0, 0.05) is 6.04 Å². The molecule has 0 spiro atoms. The van der Waals surface area contributed by atoms with Crippen molar-refractivity contribution in [2.24, 2.45) is 5.92 Å². The second-order valence-electron chi connectivity index (χ2n) is 5.96. The molecule has 6 nitrogen and oxygen atoms in total. The van der Waals surface area contributed by atoms with Crippen LogP contribution in [0.5, 0.6) is 0 Å². The van der Waals surface area contributed by atoms with Gasteiger partial charge in [0.05, 0.1) is 11.7 Å². The van der Waals surface area contributed by atoms with E-state index >= 15 is 0 Å². The normalized spacial score (nSPS) is 17.4. The molecule has 1 aliphatic rings. The molecule has 1 aromatic heterocycles. The topological polar surface area (TPSA) is 71.8 Å². The van der Waals surface area contributed by atoms with Crippen LogP contribution >= 0.6 is 12.4 Å². The summed E-state index contributed by atoms with van der Waals surface area (Å²) in [6.07, 6.45) is 2.07. The van der Waals surface area contributed by atoms with Crippen LogP contribution in [0.2, 0.25) is 0 Å². The molecule has 2 heterocycles. The van der Waals surface area contributed by atoms with Crippen LogP contribution in [0.4, 0.5) is 0 Å². The molecule has 21 heavy (non-hydrogen) atoms. The summed E-state index contributed by atoms with van der Waals surface area (Å²) < 4.78 is 1.91. The summed E-state index contributed by atoms with van der Waals surface area (Å²) in [7, 11) is 0. The fourth-order valence-corrected chi connectivity index (χ4v) is 2.39. The summed E-state index contributed by atoms with van der Waals surface area (Å²) >= 11 is 0. The number of carbonyl (C=O) groups is 1. The van der Waals surface area contributed by atoms with Gasteiger partial charge in [-0.15, -0.1) is 17.5 Å². The zero-order chi connectivity index (χ0) is 14.7. The highest BCUT2D eigenvalue weighted by Crippen LogP contribution is 2.20. The number of aromatic nitrogens is 3. The largest absolute Gasteiger partial charge is 0.348 e. The molecule has 1 aromatic rings. The molecule has 0 aromatic carbocycles. The fraction of sp³-hybridized carbons (Fsp3) is 0.786. The SMILES string of the molecule is Cc1c(C(=O)NC(C)C(C)C)nnn1C1CCNCC1.Cl. The number of nitrogens with one attached hydrogen (secondary N) is 2. The van der Waals surface area contributed by atoms with Gasteiger partial charge in [-0.2, -0.15) is 0 Å². The van der Waals surface area contributed by atoms with Gasteiger partial charge >= 0.3 is 0 Å². The molecule has 7 heteroatoms. The predicted octanol–water partition coefficient (Wildman–Crippen LogP) is 1.71. The minimum absolute atomic E-state index is 0. The van der Waals surface area contributed by atoms with Crippen molar-refractivity contribution in [3.8, 4) is 0 Å². The van der Waals surface area contributed by atoms with E-state index in [1.165, 1.54) is 0 Å². The number of rotatable bonds is 4. The minimum atomic E-state index is -0.121. The average Bonchev–Trinajstić information content (AvgIpc) is 2.81. The summed E-state index contributed by atoms with van der Waals surface area (Å²) in [4.78, 5) is 12.2. The summed E-state index contributed by atoms with van der Waals surface area (Å²) in [6.45, 7) is 10.1. The van der Waals surface area contributed by atoms with Gasteiger partial charge in [0.1, 0.15) is 0 Å². The molecule has 1 atom stereocenters. The Kier molecular flexibility index (Phi) is 6.61. The van der Waals surface area contributed by atoms with Crippen LogP contribution in [-0.4, -0.2) is 40.0 Å². The maximum atomic E-state index is 12.2. The maximum absolute atomic E-state index is 12.2. The van der Waals surface area contributed by atoms with E-state index in [2.05, 4.69) is 34.8 Å². The standard InChI is InChI=1S/C14H25N5O.ClH/c1-9(2)10(3)16-14(20)13-11(4)19(18-17-13)12-5-7-15-8-6-12;/h9-10,12,15H,5-8H2,1-4H3,(H,16,20);1H. The number of halogens is 1. The summed E-state index contributed by atoms with van der Waals surface area (Å²) in [5.41, 5.74) is 1.32. The van der Waals surface area contributed by atoms with E-state index in [0.717, 1.165) is 31.6 Å². The highest BCUT2D eigenvalue weighted by atomic mass is 35.5. The molecular weight excluding hydrogens is 290 g/mol. The van der Waals surface area contributed by atoms with E-state index < -0.39 is 0 Å². The lowest BCUT2D eigenvalue weighted by Crippen LogP contribution is -2.36. The van der Waals surface area contributed by atoms with Crippen molar-refractivity contribution >= 4 is 18.3 Å². The van der Waals surface area contributed by atoms with Crippen molar-refractivity contribution < 1.29 is 4.79 Å². The van der Waals surface area contributed by atoms with Gasteiger partial charge in [0.15, 0.2) is 5.69 Å². The van der Waals surface area contributed by atoms with Gasteiger partial charge in [-0.05, 0) is 45.7 Å². The number of amides is 1. The lowest BCUT2D eigenvalue weighted by molar-refractivity contribution is 0.0924. The van der Waals surface area contributed by atoms with Crippen LogP contribution in [0, 0.1) is 12.8 Å². The first-order valence-electron chi connectivity index (χ1n) is 7.44. The van der Waals surface area contributed by atoms with Crippen molar-refractivity contribution in [2.45, 2.75) is 52.6 Å². The molecule has 1 fully saturated rings. The maximum Gasteiger partial charge on any atom is 0.273 e. The highest BCUT2D eigenvalue weighted by molar-refractivity contribution is 5.93. The Hall–Kier alpha value is -1.14. The molecule has 1 aliphatic heterocycles.